The van der Waals surface area contributed by atoms with Crippen molar-refractivity contribution >= 4 is 17.5 Å². The second kappa shape index (κ2) is 5.45. The number of primary amides is 1. The molecule has 1 atom stereocenters. The van der Waals surface area contributed by atoms with Crippen LogP contribution in [0, 0.1) is 13.8 Å². The van der Waals surface area contributed by atoms with Gasteiger partial charge in [0, 0.05) is 5.69 Å². The fraction of sp³-hybridized carbons (Fsp3) is 0.333. The van der Waals surface area contributed by atoms with Crippen LogP contribution in [-0.2, 0) is 9.59 Å². The Morgan fingerprint density at radius 1 is 1.35 bits per heavy atom. The number of carbonyl (C=O) groups is 2. The van der Waals surface area contributed by atoms with Gasteiger partial charge in [-0.1, -0.05) is 12.1 Å². The highest BCUT2D eigenvalue weighted by molar-refractivity contribution is 5.97. The maximum atomic E-state index is 11.7. The molecule has 92 valence electrons. The Kier molecular flexibility index (Phi) is 4.23. The first-order valence-corrected chi connectivity index (χ1v) is 5.32. The molecule has 0 saturated carbocycles. The maximum Gasteiger partial charge on any atom is 0.241 e. The molecule has 1 rings (SSSR count). The fourth-order valence-corrected chi connectivity index (χ4v) is 1.42. The van der Waals surface area contributed by atoms with E-state index in [1.54, 1.807) is 6.07 Å². The predicted octanol–water partition coefficient (Wildman–Crippen LogP) is 0.445. The van der Waals surface area contributed by atoms with Crippen LogP contribution in [0.2, 0.25) is 0 Å². The standard InChI is InChI=1S/C12H17N3O2/c1-7-4-3-5-10(8(7)2)15-12(17)9(13)6-11(14)16/h3-5,9H,6,13H2,1-2H3,(H2,14,16)(H,15,17). The van der Waals surface area contributed by atoms with Crippen molar-refractivity contribution in [3.63, 3.8) is 0 Å². The zero-order valence-corrected chi connectivity index (χ0v) is 9.99. The Hall–Kier alpha value is -1.88. The molecule has 1 aromatic rings. The number of rotatable bonds is 4. The molecular formula is C12H17N3O2. The SMILES string of the molecule is Cc1cccc(NC(=O)C(N)CC(N)=O)c1C. The third-order valence-corrected chi connectivity index (χ3v) is 2.62. The zero-order chi connectivity index (χ0) is 13.0. The number of nitrogens with two attached hydrogens (primary N) is 2. The minimum absolute atomic E-state index is 0.156. The lowest BCUT2D eigenvalue weighted by Crippen LogP contribution is -2.39. The molecule has 2 amide bonds. The topological polar surface area (TPSA) is 98.2 Å². The van der Waals surface area contributed by atoms with Crippen LogP contribution < -0.4 is 16.8 Å². The third-order valence-electron chi connectivity index (χ3n) is 2.62. The number of anilines is 1. The van der Waals surface area contributed by atoms with E-state index in [0.29, 0.717) is 5.69 Å². The van der Waals surface area contributed by atoms with Crippen LogP contribution in [0.3, 0.4) is 0 Å². The number of carbonyl (C=O) groups excluding carboxylic acids is 2. The van der Waals surface area contributed by atoms with Crippen molar-refractivity contribution in [1.82, 2.24) is 0 Å². The van der Waals surface area contributed by atoms with Gasteiger partial charge in [0.2, 0.25) is 11.8 Å². The van der Waals surface area contributed by atoms with Gasteiger partial charge in [0.05, 0.1) is 12.5 Å². The van der Waals surface area contributed by atoms with E-state index in [1.165, 1.54) is 0 Å². The second-order valence-electron chi connectivity index (χ2n) is 4.01. The first-order valence-electron chi connectivity index (χ1n) is 5.32. The van der Waals surface area contributed by atoms with Gasteiger partial charge in [-0.25, -0.2) is 0 Å². The van der Waals surface area contributed by atoms with Crippen molar-refractivity contribution in [1.29, 1.82) is 0 Å². The maximum absolute atomic E-state index is 11.7. The molecule has 1 unspecified atom stereocenters. The van der Waals surface area contributed by atoms with Gasteiger partial charge in [0.25, 0.3) is 0 Å². The molecule has 0 aliphatic rings. The quantitative estimate of drug-likeness (QED) is 0.706. The summed E-state index contributed by atoms with van der Waals surface area (Å²) in [6.45, 7) is 3.86. The fourth-order valence-electron chi connectivity index (χ4n) is 1.42. The predicted molar refractivity (Wildman–Crippen MR) is 66.3 cm³/mol. The van der Waals surface area contributed by atoms with Crippen LogP contribution in [0.25, 0.3) is 0 Å². The van der Waals surface area contributed by atoms with E-state index in [4.69, 9.17) is 11.5 Å². The summed E-state index contributed by atoms with van der Waals surface area (Å²) in [5, 5.41) is 2.68. The molecule has 1 aromatic carbocycles. The molecule has 17 heavy (non-hydrogen) atoms. The lowest BCUT2D eigenvalue weighted by molar-refractivity contribution is -0.123. The Morgan fingerprint density at radius 2 is 2.00 bits per heavy atom. The molecule has 0 bridgehead atoms. The molecule has 0 fully saturated rings. The van der Waals surface area contributed by atoms with Gasteiger partial charge in [-0.2, -0.15) is 0 Å². The average molecular weight is 235 g/mol. The highest BCUT2D eigenvalue weighted by Crippen LogP contribution is 2.18. The van der Waals surface area contributed by atoms with Crippen LogP contribution in [0.15, 0.2) is 18.2 Å². The molecule has 0 radical (unpaired) electrons. The van der Waals surface area contributed by atoms with Crippen molar-refractivity contribution in [3.8, 4) is 0 Å². The molecule has 5 heteroatoms. The van der Waals surface area contributed by atoms with E-state index in [2.05, 4.69) is 5.32 Å². The lowest BCUT2D eigenvalue weighted by atomic mass is 10.1. The molecule has 0 spiro atoms. The number of aryl methyl sites for hydroxylation is 1. The zero-order valence-electron chi connectivity index (χ0n) is 9.99. The molecule has 0 aliphatic carbocycles. The number of benzene rings is 1. The molecular weight excluding hydrogens is 218 g/mol. The number of nitrogens with one attached hydrogen (secondary N) is 1. The van der Waals surface area contributed by atoms with Crippen molar-refractivity contribution < 1.29 is 9.59 Å². The number of amides is 2. The largest absolute Gasteiger partial charge is 0.370 e. The van der Waals surface area contributed by atoms with Crippen molar-refractivity contribution in [2.75, 3.05) is 5.32 Å². The van der Waals surface area contributed by atoms with Crippen molar-refractivity contribution in [3.05, 3.63) is 29.3 Å². The van der Waals surface area contributed by atoms with Crippen LogP contribution in [-0.4, -0.2) is 17.9 Å². The highest BCUT2D eigenvalue weighted by Gasteiger charge is 2.16. The van der Waals surface area contributed by atoms with Gasteiger partial charge in [0.15, 0.2) is 0 Å². The number of hydrogen-bond acceptors (Lipinski definition) is 3. The molecule has 0 heterocycles. The van der Waals surface area contributed by atoms with Gasteiger partial charge in [-0.15, -0.1) is 0 Å². The van der Waals surface area contributed by atoms with Gasteiger partial charge >= 0.3 is 0 Å². The van der Waals surface area contributed by atoms with Gasteiger partial charge < -0.3 is 16.8 Å². The van der Waals surface area contributed by atoms with Crippen molar-refractivity contribution in [2.45, 2.75) is 26.3 Å². The van der Waals surface area contributed by atoms with E-state index in [-0.39, 0.29) is 6.42 Å². The third kappa shape index (κ3) is 3.57. The van der Waals surface area contributed by atoms with E-state index in [0.717, 1.165) is 11.1 Å². The summed E-state index contributed by atoms with van der Waals surface area (Å²) in [7, 11) is 0. The Morgan fingerprint density at radius 3 is 2.59 bits per heavy atom. The summed E-state index contributed by atoms with van der Waals surface area (Å²) in [6.07, 6.45) is -0.156. The van der Waals surface area contributed by atoms with E-state index < -0.39 is 17.9 Å². The monoisotopic (exact) mass is 235 g/mol. The molecule has 0 aromatic heterocycles. The van der Waals surface area contributed by atoms with Gasteiger partial charge in [-0.05, 0) is 31.0 Å². The molecule has 5 nitrogen and oxygen atoms in total. The second-order valence-corrected chi connectivity index (χ2v) is 4.01. The summed E-state index contributed by atoms with van der Waals surface area (Å²) in [6, 6.07) is 4.68. The normalized spacial score (nSPS) is 11.9. The van der Waals surface area contributed by atoms with Gasteiger partial charge in [0.1, 0.15) is 0 Å². The minimum atomic E-state index is -0.910. The summed E-state index contributed by atoms with van der Waals surface area (Å²) in [5.74, 6) is -0.994. The molecule has 5 N–H and O–H groups in total. The smallest absolute Gasteiger partial charge is 0.241 e. The average Bonchev–Trinajstić information content (AvgIpc) is 2.23. The summed E-state index contributed by atoms with van der Waals surface area (Å²) >= 11 is 0. The number of hydrogen-bond donors (Lipinski definition) is 3. The summed E-state index contributed by atoms with van der Waals surface area (Å²) in [4.78, 5) is 22.3. The minimum Gasteiger partial charge on any atom is -0.370 e. The first-order chi connectivity index (χ1) is 7.91. The van der Waals surface area contributed by atoms with Crippen LogP contribution in [0.4, 0.5) is 5.69 Å². The molecule has 0 aliphatic heterocycles. The highest BCUT2D eigenvalue weighted by atomic mass is 16.2. The molecule has 0 saturated heterocycles. The van der Waals surface area contributed by atoms with E-state index >= 15 is 0 Å². The summed E-state index contributed by atoms with van der Waals surface area (Å²) in [5.41, 5.74) is 13.3. The Balaban J connectivity index is 2.74. The Labute approximate surface area is 100 Å². The van der Waals surface area contributed by atoms with E-state index in [1.807, 2.05) is 26.0 Å². The van der Waals surface area contributed by atoms with Crippen LogP contribution >= 0.6 is 0 Å². The Bertz CT molecular complexity index is 443. The van der Waals surface area contributed by atoms with Crippen LogP contribution in [0.5, 0.6) is 0 Å². The summed E-state index contributed by atoms with van der Waals surface area (Å²) < 4.78 is 0. The van der Waals surface area contributed by atoms with Crippen molar-refractivity contribution in [2.24, 2.45) is 11.5 Å². The van der Waals surface area contributed by atoms with E-state index in [9.17, 15) is 9.59 Å². The lowest BCUT2D eigenvalue weighted by Gasteiger charge is -2.13. The van der Waals surface area contributed by atoms with Gasteiger partial charge in [-0.3, -0.25) is 9.59 Å². The first kappa shape index (κ1) is 13.2. The van der Waals surface area contributed by atoms with Crippen LogP contribution in [0.1, 0.15) is 17.5 Å².